The highest BCUT2D eigenvalue weighted by Crippen LogP contribution is 2.39. The summed E-state index contributed by atoms with van der Waals surface area (Å²) in [6, 6.07) is 10.8. The smallest absolute Gasteiger partial charge is 0.161 e. The van der Waals surface area contributed by atoms with Gasteiger partial charge in [-0.2, -0.15) is 0 Å². The Kier molecular flexibility index (Phi) is 5.25. The summed E-state index contributed by atoms with van der Waals surface area (Å²) in [5.41, 5.74) is 9.68. The zero-order valence-corrected chi connectivity index (χ0v) is 15.0. The molecule has 2 aromatic carbocycles. The Bertz CT molecular complexity index is 748. The van der Waals surface area contributed by atoms with Crippen LogP contribution in [0.2, 0.25) is 0 Å². The normalized spacial score (nSPS) is 18.5. The van der Waals surface area contributed by atoms with Crippen LogP contribution < -0.4 is 15.2 Å². The van der Waals surface area contributed by atoms with Crippen LogP contribution >= 0.6 is 0 Å². The zero-order chi connectivity index (χ0) is 18.0. The molecular formula is C20H25FN2O2. The first-order valence-electron chi connectivity index (χ1n) is 8.52. The van der Waals surface area contributed by atoms with Crippen molar-refractivity contribution in [3.63, 3.8) is 0 Å². The molecule has 3 rings (SSSR count). The second-order valence-corrected chi connectivity index (χ2v) is 6.56. The minimum Gasteiger partial charge on any atom is -0.493 e. The Labute approximate surface area is 148 Å². The van der Waals surface area contributed by atoms with Crippen LogP contribution in [0.3, 0.4) is 0 Å². The highest BCUT2D eigenvalue weighted by molar-refractivity contribution is 5.49. The van der Waals surface area contributed by atoms with E-state index in [-0.39, 0.29) is 17.9 Å². The molecule has 134 valence electrons. The van der Waals surface area contributed by atoms with Gasteiger partial charge >= 0.3 is 0 Å². The number of rotatable bonds is 5. The van der Waals surface area contributed by atoms with Crippen molar-refractivity contribution in [3.8, 4) is 11.5 Å². The molecule has 0 amide bonds. The fourth-order valence-electron chi connectivity index (χ4n) is 3.69. The molecule has 25 heavy (non-hydrogen) atoms. The van der Waals surface area contributed by atoms with Crippen LogP contribution in [-0.2, 0) is 13.0 Å². The van der Waals surface area contributed by atoms with E-state index in [1.165, 1.54) is 11.6 Å². The predicted octanol–water partition coefficient (Wildman–Crippen LogP) is 3.29. The van der Waals surface area contributed by atoms with Gasteiger partial charge in [-0.1, -0.05) is 12.1 Å². The Balaban J connectivity index is 1.96. The van der Waals surface area contributed by atoms with Crippen LogP contribution in [0.1, 0.15) is 29.7 Å². The van der Waals surface area contributed by atoms with Crippen molar-refractivity contribution in [1.29, 1.82) is 0 Å². The molecule has 0 aliphatic carbocycles. The summed E-state index contributed by atoms with van der Waals surface area (Å²) in [5, 5.41) is 0. The lowest BCUT2D eigenvalue weighted by atomic mass is 9.88. The van der Waals surface area contributed by atoms with E-state index in [4.69, 9.17) is 15.2 Å². The Morgan fingerprint density at radius 2 is 1.92 bits per heavy atom. The van der Waals surface area contributed by atoms with Crippen molar-refractivity contribution in [1.82, 2.24) is 4.90 Å². The van der Waals surface area contributed by atoms with Gasteiger partial charge in [-0.3, -0.25) is 4.90 Å². The fourth-order valence-corrected chi connectivity index (χ4v) is 3.69. The van der Waals surface area contributed by atoms with Gasteiger partial charge in [-0.15, -0.1) is 0 Å². The minimum absolute atomic E-state index is 0.0480. The molecule has 2 N–H and O–H groups in total. The molecule has 0 spiro atoms. The van der Waals surface area contributed by atoms with Crippen LogP contribution in [0.4, 0.5) is 4.39 Å². The lowest BCUT2D eigenvalue weighted by Gasteiger charge is -2.40. The molecule has 0 saturated carbocycles. The Morgan fingerprint density at radius 3 is 2.56 bits per heavy atom. The first-order valence-corrected chi connectivity index (χ1v) is 8.52. The number of nitrogens with two attached hydrogens (primary N) is 1. The lowest BCUT2D eigenvalue weighted by molar-refractivity contribution is 0.155. The van der Waals surface area contributed by atoms with Gasteiger partial charge in [0.05, 0.1) is 20.3 Å². The number of benzene rings is 2. The fraction of sp³-hybridized carbons (Fsp3) is 0.400. The van der Waals surface area contributed by atoms with E-state index < -0.39 is 0 Å². The summed E-state index contributed by atoms with van der Waals surface area (Å²) in [5.74, 6) is 1.24. The largest absolute Gasteiger partial charge is 0.493 e. The van der Waals surface area contributed by atoms with Crippen LogP contribution in [0.5, 0.6) is 11.5 Å². The van der Waals surface area contributed by atoms with Gasteiger partial charge in [-0.05, 0) is 54.3 Å². The van der Waals surface area contributed by atoms with Gasteiger partial charge < -0.3 is 15.2 Å². The van der Waals surface area contributed by atoms with Crippen molar-refractivity contribution in [2.24, 2.45) is 5.73 Å². The number of hydrogen-bond donors (Lipinski definition) is 1. The topological polar surface area (TPSA) is 47.7 Å². The van der Waals surface area contributed by atoms with Crippen LogP contribution in [-0.4, -0.2) is 31.7 Å². The maximum absolute atomic E-state index is 13.5. The summed E-state index contributed by atoms with van der Waals surface area (Å²) >= 11 is 0. The van der Waals surface area contributed by atoms with E-state index in [9.17, 15) is 4.39 Å². The molecule has 1 aliphatic rings. The average Bonchev–Trinajstić information content (AvgIpc) is 2.60. The molecule has 2 aromatic rings. The Morgan fingerprint density at radius 1 is 1.20 bits per heavy atom. The first kappa shape index (κ1) is 17.7. The molecule has 5 heteroatoms. The number of ether oxygens (including phenoxy) is 2. The number of hydrogen-bond acceptors (Lipinski definition) is 4. The summed E-state index contributed by atoms with van der Waals surface area (Å²) in [7, 11) is 3.28. The molecule has 0 unspecified atom stereocenters. The van der Waals surface area contributed by atoms with E-state index in [0.29, 0.717) is 12.3 Å². The van der Waals surface area contributed by atoms with Crippen LogP contribution in [0.25, 0.3) is 0 Å². The molecule has 0 saturated heterocycles. The molecule has 0 fully saturated rings. The maximum atomic E-state index is 13.5. The van der Waals surface area contributed by atoms with E-state index in [1.54, 1.807) is 26.4 Å². The van der Waals surface area contributed by atoms with Crippen molar-refractivity contribution in [2.75, 3.05) is 20.8 Å². The molecule has 4 nitrogen and oxygen atoms in total. The van der Waals surface area contributed by atoms with Gasteiger partial charge in [0.15, 0.2) is 11.5 Å². The third-order valence-electron chi connectivity index (χ3n) is 4.80. The van der Waals surface area contributed by atoms with Crippen molar-refractivity contribution >= 4 is 0 Å². The van der Waals surface area contributed by atoms with Crippen molar-refractivity contribution in [2.45, 2.75) is 32.0 Å². The third kappa shape index (κ3) is 3.62. The quantitative estimate of drug-likeness (QED) is 0.904. The molecule has 1 aliphatic heterocycles. The number of fused-ring (bicyclic) bond motifs is 1. The van der Waals surface area contributed by atoms with E-state index in [0.717, 1.165) is 29.8 Å². The molecule has 1 heterocycles. The average molecular weight is 344 g/mol. The SMILES string of the molecule is COc1cc2c(cc1OC)[C@H]([C@H](C)N)N(Cc1cccc(F)c1)CC2. The van der Waals surface area contributed by atoms with Crippen LogP contribution in [0.15, 0.2) is 36.4 Å². The van der Waals surface area contributed by atoms with Crippen LogP contribution in [0, 0.1) is 5.82 Å². The maximum Gasteiger partial charge on any atom is 0.161 e. The minimum atomic E-state index is -0.210. The zero-order valence-electron chi connectivity index (χ0n) is 15.0. The lowest BCUT2D eigenvalue weighted by Crippen LogP contribution is -2.43. The summed E-state index contributed by atoms with van der Waals surface area (Å²) in [6.07, 6.45) is 0.897. The predicted molar refractivity (Wildman–Crippen MR) is 96.5 cm³/mol. The van der Waals surface area contributed by atoms with E-state index in [1.807, 2.05) is 25.1 Å². The van der Waals surface area contributed by atoms with Crippen molar-refractivity contribution < 1.29 is 13.9 Å². The highest BCUT2D eigenvalue weighted by atomic mass is 19.1. The van der Waals surface area contributed by atoms with E-state index in [2.05, 4.69) is 4.90 Å². The van der Waals surface area contributed by atoms with Crippen molar-refractivity contribution in [3.05, 3.63) is 58.9 Å². The molecule has 0 bridgehead atoms. The summed E-state index contributed by atoms with van der Waals surface area (Å²) in [6.45, 7) is 3.54. The molecule has 0 aromatic heterocycles. The molecule has 2 atom stereocenters. The first-order chi connectivity index (χ1) is 12.0. The molecular weight excluding hydrogens is 319 g/mol. The Hall–Kier alpha value is -2.11. The number of nitrogens with zero attached hydrogens (tertiary/aromatic N) is 1. The summed E-state index contributed by atoms with van der Waals surface area (Å²) < 4.78 is 24.4. The number of halogens is 1. The van der Waals surface area contributed by atoms with Gasteiger partial charge in [0, 0.05) is 19.1 Å². The monoisotopic (exact) mass is 344 g/mol. The second-order valence-electron chi connectivity index (χ2n) is 6.56. The van der Waals surface area contributed by atoms with Gasteiger partial charge in [0.2, 0.25) is 0 Å². The van der Waals surface area contributed by atoms with Gasteiger partial charge in [-0.25, -0.2) is 4.39 Å². The molecule has 0 radical (unpaired) electrons. The standard InChI is InChI=1S/C20H25FN2O2/c1-13(22)20-17-11-19(25-3)18(24-2)10-15(17)7-8-23(20)12-14-5-4-6-16(21)9-14/h4-6,9-11,13,20H,7-8,12,22H2,1-3H3/t13-,20-/m0/s1. The second kappa shape index (κ2) is 7.42. The summed E-state index contributed by atoms with van der Waals surface area (Å²) in [4.78, 5) is 2.31. The van der Waals surface area contributed by atoms with E-state index >= 15 is 0 Å². The number of methoxy groups -OCH3 is 2. The van der Waals surface area contributed by atoms with Gasteiger partial charge in [0.1, 0.15) is 5.82 Å². The third-order valence-corrected chi connectivity index (χ3v) is 4.80. The highest BCUT2D eigenvalue weighted by Gasteiger charge is 2.31. The van der Waals surface area contributed by atoms with Gasteiger partial charge in [0.25, 0.3) is 0 Å².